The average Bonchev–Trinajstić information content (AvgIpc) is 2.82. The van der Waals surface area contributed by atoms with Gasteiger partial charge >= 0.3 is 5.97 Å². The van der Waals surface area contributed by atoms with Crippen LogP contribution in [0.3, 0.4) is 0 Å². The molecule has 3 aromatic rings. The number of aromatic nitrogens is 2. The van der Waals surface area contributed by atoms with Crippen molar-refractivity contribution in [2.45, 2.75) is 0 Å². The Kier molecular flexibility index (Phi) is 2.34. The van der Waals surface area contributed by atoms with E-state index in [1.54, 1.807) is 18.2 Å². The number of benzene rings is 2. The molecule has 4 nitrogen and oxygen atoms in total. The molecule has 2 N–H and O–H groups in total. The van der Waals surface area contributed by atoms with E-state index in [0.717, 1.165) is 16.9 Å². The van der Waals surface area contributed by atoms with Gasteiger partial charge in [0, 0.05) is 5.56 Å². The summed E-state index contributed by atoms with van der Waals surface area (Å²) in [6.07, 6.45) is 0. The fraction of sp³-hybridized carbons (Fsp3) is 0. The summed E-state index contributed by atoms with van der Waals surface area (Å²) in [5.74, 6) is -0.225. The Bertz CT molecular complexity index is 717. The van der Waals surface area contributed by atoms with Crippen LogP contribution >= 0.6 is 0 Å². The van der Waals surface area contributed by atoms with Crippen LogP contribution in [0.4, 0.5) is 0 Å². The van der Waals surface area contributed by atoms with Crippen LogP contribution in [-0.4, -0.2) is 21.0 Å². The summed E-state index contributed by atoms with van der Waals surface area (Å²) in [6.45, 7) is 0. The van der Waals surface area contributed by atoms with Crippen molar-refractivity contribution in [3.8, 4) is 11.4 Å². The Morgan fingerprint density at radius 3 is 2.72 bits per heavy atom. The van der Waals surface area contributed by atoms with Gasteiger partial charge in [-0.2, -0.15) is 0 Å². The number of nitrogens with zero attached hydrogens (tertiary/aromatic N) is 1. The van der Waals surface area contributed by atoms with E-state index in [2.05, 4.69) is 16.0 Å². The second-order valence-electron chi connectivity index (χ2n) is 3.91. The lowest BCUT2D eigenvalue weighted by atomic mass is 10.2. The SMILES string of the molecule is O=C(O)c1ccc2[nH]c(-c3cc[c]cc3)nc2c1. The maximum absolute atomic E-state index is 10.9. The lowest BCUT2D eigenvalue weighted by Crippen LogP contribution is -1.94. The Morgan fingerprint density at radius 2 is 2.00 bits per heavy atom. The van der Waals surface area contributed by atoms with Gasteiger partial charge < -0.3 is 10.1 Å². The van der Waals surface area contributed by atoms with Gasteiger partial charge in [-0.15, -0.1) is 0 Å². The fourth-order valence-corrected chi connectivity index (χ4v) is 1.82. The third-order valence-electron chi connectivity index (χ3n) is 2.72. The zero-order valence-electron chi connectivity index (χ0n) is 9.34. The molecule has 0 saturated carbocycles. The summed E-state index contributed by atoms with van der Waals surface area (Å²) < 4.78 is 0. The molecule has 18 heavy (non-hydrogen) atoms. The first-order chi connectivity index (χ1) is 8.74. The molecule has 0 fully saturated rings. The lowest BCUT2D eigenvalue weighted by Gasteiger charge is -1.92. The van der Waals surface area contributed by atoms with Gasteiger partial charge in [-0.05, 0) is 24.3 Å². The highest BCUT2D eigenvalue weighted by Crippen LogP contribution is 2.20. The van der Waals surface area contributed by atoms with E-state index in [0.29, 0.717) is 5.52 Å². The standard InChI is InChI=1S/C14H9N2O2/c17-14(18)10-6-7-11-12(8-10)16-13(15-11)9-4-2-1-3-5-9/h2-8H,(H,15,16)(H,17,18). The Morgan fingerprint density at radius 1 is 1.22 bits per heavy atom. The molecule has 0 aliphatic carbocycles. The van der Waals surface area contributed by atoms with Crippen molar-refractivity contribution in [1.82, 2.24) is 9.97 Å². The van der Waals surface area contributed by atoms with Crippen LogP contribution in [0.2, 0.25) is 0 Å². The number of H-pyrrole nitrogens is 1. The fourth-order valence-electron chi connectivity index (χ4n) is 1.82. The van der Waals surface area contributed by atoms with Gasteiger partial charge in [0.25, 0.3) is 0 Å². The van der Waals surface area contributed by atoms with Crippen molar-refractivity contribution in [3.05, 3.63) is 54.1 Å². The molecule has 0 atom stereocenters. The molecular formula is C14H9N2O2. The molecule has 4 heteroatoms. The normalized spacial score (nSPS) is 10.7. The van der Waals surface area contributed by atoms with E-state index in [-0.39, 0.29) is 5.56 Å². The highest BCUT2D eigenvalue weighted by molar-refractivity contribution is 5.92. The molecule has 0 bridgehead atoms. The van der Waals surface area contributed by atoms with E-state index in [1.165, 1.54) is 0 Å². The van der Waals surface area contributed by atoms with Crippen LogP contribution in [0, 0.1) is 6.07 Å². The van der Waals surface area contributed by atoms with E-state index in [1.807, 2.05) is 24.3 Å². The van der Waals surface area contributed by atoms with Crippen LogP contribution in [-0.2, 0) is 0 Å². The second-order valence-corrected chi connectivity index (χ2v) is 3.91. The molecule has 0 amide bonds. The number of fused-ring (bicyclic) bond motifs is 1. The van der Waals surface area contributed by atoms with Crippen molar-refractivity contribution in [2.24, 2.45) is 0 Å². The molecule has 1 aromatic heterocycles. The summed E-state index contributed by atoms with van der Waals surface area (Å²) in [5.41, 5.74) is 2.66. The molecular weight excluding hydrogens is 228 g/mol. The van der Waals surface area contributed by atoms with Gasteiger partial charge in [-0.1, -0.05) is 24.3 Å². The number of imidazole rings is 1. The van der Waals surface area contributed by atoms with Gasteiger partial charge in [-0.3, -0.25) is 0 Å². The predicted octanol–water partition coefficient (Wildman–Crippen LogP) is 2.73. The van der Waals surface area contributed by atoms with Gasteiger partial charge in [0.05, 0.1) is 16.6 Å². The van der Waals surface area contributed by atoms with Gasteiger partial charge in [0.15, 0.2) is 0 Å². The van der Waals surface area contributed by atoms with Gasteiger partial charge in [0.1, 0.15) is 5.82 Å². The minimum Gasteiger partial charge on any atom is -0.478 e. The summed E-state index contributed by atoms with van der Waals surface area (Å²) in [5, 5.41) is 8.93. The van der Waals surface area contributed by atoms with Crippen LogP contribution in [0.15, 0.2) is 42.5 Å². The minimum atomic E-state index is -0.948. The summed E-state index contributed by atoms with van der Waals surface area (Å²) >= 11 is 0. The zero-order valence-corrected chi connectivity index (χ0v) is 9.34. The quantitative estimate of drug-likeness (QED) is 0.720. The number of carboxylic acids is 1. The predicted molar refractivity (Wildman–Crippen MR) is 67.3 cm³/mol. The van der Waals surface area contributed by atoms with Gasteiger partial charge in [-0.25, -0.2) is 9.78 Å². The first kappa shape index (κ1) is 10.5. The number of carboxylic acid groups (broad SMARTS) is 1. The zero-order chi connectivity index (χ0) is 12.5. The van der Waals surface area contributed by atoms with Crippen molar-refractivity contribution >= 4 is 17.0 Å². The average molecular weight is 237 g/mol. The molecule has 0 spiro atoms. The highest BCUT2D eigenvalue weighted by atomic mass is 16.4. The summed E-state index contributed by atoms with van der Waals surface area (Å²) in [6, 6.07) is 15.2. The molecule has 0 aliphatic rings. The smallest absolute Gasteiger partial charge is 0.335 e. The molecule has 0 aliphatic heterocycles. The number of hydrogen-bond acceptors (Lipinski definition) is 2. The second kappa shape index (κ2) is 4.00. The first-order valence-corrected chi connectivity index (χ1v) is 5.43. The van der Waals surface area contributed by atoms with Crippen LogP contribution in [0.5, 0.6) is 0 Å². The molecule has 0 unspecified atom stereocenters. The van der Waals surface area contributed by atoms with E-state index in [4.69, 9.17) is 5.11 Å². The Hall–Kier alpha value is -2.62. The molecule has 1 heterocycles. The molecule has 0 saturated heterocycles. The van der Waals surface area contributed by atoms with Crippen molar-refractivity contribution < 1.29 is 9.90 Å². The monoisotopic (exact) mass is 237 g/mol. The van der Waals surface area contributed by atoms with Crippen molar-refractivity contribution in [3.63, 3.8) is 0 Å². The Labute approximate surface area is 103 Å². The molecule has 3 rings (SSSR count). The van der Waals surface area contributed by atoms with Crippen LogP contribution < -0.4 is 0 Å². The lowest BCUT2D eigenvalue weighted by molar-refractivity contribution is 0.0697. The topological polar surface area (TPSA) is 66.0 Å². The maximum Gasteiger partial charge on any atom is 0.335 e. The third kappa shape index (κ3) is 1.73. The van der Waals surface area contributed by atoms with Crippen molar-refractivity contribution in [2.75, 3.05) is 0 Å². The third-order valence-corrected chi connectivity index (χ3v) is 2.72. The van der Waals surface area contributed by atoms with E-state index in [9.17, 15) is 4.79 Å². The van der Waals surface area contributed by atoms with E-state index < -0.39 is 5.97 Å². The van der Waals surface area contributed by atoms with Crippen LogP contribution in [0.25, 0.3) is 22.4 Å². The number of aromatic carboxylic acids is 1. The summed E-state index contributed by atoms with van der Waals surface area (Å²) in [7, 11) is 0. The summed E-state index contributed by atoms with van der Waals surface area (Å²) in [4.78, 5) is 18.4. The van der Waals surface area contributed by atoms with Crippen molar-refractivity contribution in [1.29, 1.82) is 0 Å². The number of nitrogens with one attached hydrogen (secondary N) is 1. The molecule has 1 radical (unpaired) electrons. The maximum atomic E-state index is 10.9. The first-order valence-electron chi connectivity index (χ1n) is 5.43. The highest BCUT2D eigenvalue weighted by Gasteiger charge is 2.08. The molecule has 2 aromatic carbocycles. The Balaban J connectivity index is 2.14. The van der Waals surface area contributed by atoms with E-state index >= 15 is 0 Å². The number of rotatable bonds is 2. The number of aromatic amines is 1. The molecule has 87 valence electrons. The largest absolute Gasteiger partial charge is 0.478 e. The minimum absolute atomic E-state index is 0.238. The number of carbonyl (C=O) groups is 1. The number of hydrogen-bond donors (Lipinski definition) is 2. The van der Waals surface area contributed by atoms with Crippen LogP contribution in [0.1, 0.15) is 10.4 Å². The van der Waals surface area contributed by atoms with Gasteiger partial charge in [0.2, 0.25) is 0 Å².